The number of nitrogens with one attached hydrogen (secondary N) is 3. The number of hydrogen-bond donors (Lipinski definition) is 3. The van der Waals surface area contributed by atoms with Gasteiger partial charge in [0, 0.05) is 30.7 Å². The van der Waals surface area contributed by atoms with Gasteiger partial charge in [0.05, 0.1) is 36.2 Å². The molecule has 0 unspecified atom stereocenters. The van der Waals surface area contributed by atoms with E-state index >= 15 is 0 Å². The summed E-state index contributed by atoms with van der Waals surface area (Å²) in [6.45, 7) is 1.79. The van der Waals surface area contributed by atoms with Crippen molar-refractivity contribution in [2.45, 2.75) is 25.3 Å². The number of piperidine rings is 1. The number of hydrogen-bond acceptors (Lipinski definition) is 7. The van der Waals surface area contributed by atoms with Gasteiger partial charge in [-0.2, -0.15) is 5.10 Å². The molecular weight excluding hydrogens is 532 g/mol. The van der Waals surface area contributed by atoms with Crippen molar-refractivity contribution in [3.05, 3.63) is 77.6 Å². The van der Waals surface area contributed by atoms with Gasteiger partial charge in [0.25, 0.3) is 18.2 Å². The number of alkyl halides is 2. The van der Waals surface area contributed by atoms with Crippen LogP contribution < -0.4 is 16.0 Å². The summed E-state index contributed by atoms with van der Waals surface area (Å²) in [7, 11) is 2.11. The zero-order valence-corrected chi connectivity index (χ0v) is 22.3. The number of aromatic nitrogens is 5. The highest BCUT2D eigenvalue weighted by Crippen LogP contribution is 2.32. The first-order valence-corrected chi connectivity index (χ1v) is 13.4. The molecule has 6 rings (SSSR count). The number of nitrogens with zero attached hydrogens (tertiary/aromatic N) is 6. The third-order valence-electron chi connectivity index (χ3n) is 7.40. The molecule has 3 N–H and O–H groups in total. The molecule has 1 saturated heterocycles. The fourth-order valence-corrected chi connectivity index (χ4v) is 5.20. The molecule has 0 radical (unpaired) electrons. The monoisotopic (exact) mass is 561 g/mol. The lowest BCUT2D eigenvalue weighted by atomic mass is 9.96. The number of carbonyl (C=O) groups excluding carboxylic acids is 2. The van der Waals surface area contributed by atoms with Gasteiger partial charge < -0.3 is 20.9 Å². The fourth-order valence-electron chi connectivity index (χ4n) is 5.20. The maximum absolute atomic E-state index is 13.2. The van der Waals surface area contributed by atoms with E-state index in [0.717, 1.165) is 37.1 Å². The molecule has 1 fully saturated rings. The van der Waals surface area contributed by atoms with Crippen LogP contribution in [0.15, 0.2) is 55.3 Å². The molecule has 0 spiro atoms. The van der Waals surface area contributed by atoms with Crippen LogP contribution in [0.4, 0.5) is 20.3 Å². The molecule has 0 aliphatic carbocycles. The Balaban J connectivity index is 1.23. The van der Waals surface area contributed by atoms with Crippen LogP contribution in [0.1, 0.15) is 50.9 Å². The number of carbonyl (C=O) groups is 2. The Morgan fingerprint density at radius 3 is 2.73 bits per heavy atom. The van der Waals surface area contributed by atoms with Crippen molar-refractivity contribution in [2.75, 3.05) is 43.9 Å². The number of rotatable bonds is 7. The van der Waals surface area contributed by atoms with Crippen molar-refractivity contribution in [3.8, 4) is 0 Å². The van der Waals surface area contributed by atoms with Gasteiger partial charge in [0.15, 0.2) is 0 Å². The molecule has 212 valence electrons. The van der Waals surface area contributed by atoms with E-state index in [2.05, 4.69) is 43.0 Å². The molecule has 0 bridgehead atoms. The summed E-state index contributed by atoms with van der Waals surface area (Å²) in [5.74, 6) is -0.333. The topological polar surface area (TPSA) is 121 Å². The first-order chi connectivity index (χ1) is 19.9. The highest BCUT2D eigenvalue weighted by Gasteiger charge is 2.22. The Morgan fingerprint density at radius 1 is 1.10 bits per heavy atom. The third-order valence-corrected chi connectivity index (χ3v) is 7.40. The highest BCUT2D eigenvalue weighted by molar-refractivity contribution is 6.05. The minimum absolute atomic E-state index is 0.143. The Bertz CT molecular complexity index is 1640. The molecule has 4 aromatic heterocycles. The zero-order chi connectivity index (χ0) is 28.5. The predicted molar refractivity (Wildman–Crippen MR) is 149 cm³/mol. The van der Waals surface area contributed by atoms with Gasteiger partial charge in [-0.1, -0.05) is 6.08 Å². The van der Waals surface area contributed by atoms with E-state index in [9.17, 15) is 18.4 Å². The fraction of sp³-hybridized carbons (Fsp3) is 0.321. The van der Waals surface area contributed by atoms with Crippen LogP contribution in [-0.2, 0) is 0 Å². The summed E-state index contributed by atoms with van der Waals surface area (Å²) in [5, 5.41) is 12.8. The van der Waals surface area contributed by atoms with Gasteiger partial charge in [0.2, 0.25) is 0 Å². The molecule has 11 nitrogen and oxygen atoms in total. The lowest BCUT2D eigenvalue weighted by Crippen LogP contribution is -2.31. The van der Waals surface area contributed by atoms with Gasteiger partial charge in [-0.3, -0.25) is 18.7 Å². The van der Waals surface area contributed by atoms with Crippen molar-refractivity contribution in [1.29, 1.82) is 0 Å². The van der Waals surface area contributed by atoms with Crippen molar-refractivity contribution in [2.24, 2.45) is 0 Å². The van der Waals surface area contributed by atoms with Crippen molar-refractivity contribution >= 4 is 34.5 Å². The number of amides is 2. The van der Waals surface area contributed by atoms with E-state index in [0.29, 0.717) is 40.9 Å². The summed E-state index contributed by atoms with van der Waals surface area (Å²) in [6.07, 6.45) is 9.45. The number of halogens is 2. The van der Waals surface area contributed by atoms with E-state index in [4.69, 9.17) is 0 Å². The molecule has 2 aliphatic rings. The summed E-state index contributed by atoms with van der Waals surface area (Å²) in [5.41, 5.74) is 3.91. The van der Waals surface area contributed by atoms with Crippen LogP contribution in [0.25, 0.3) is 11.2 Å². The van der Waals surface area contributed by atoms with Gasteiger partial charge in [0.1, 0.15) is 17.2 Å². The Kier molecular flexibility index (Phi) is 7.18. The number of imidazole rings is 1. The average Bonchev–Trinajstić information content (AvgIpc) is 3.62. The zero-order valence-electron chi connectivity index (χ0n) is 22.3. The van der Waals surface area contributed by atoms with E-state index in [1.165, 1.54) is 12.4 Å². The molecule has 4 aromatic rings. The van der Waals surface area contributed by atoms with E-state index in [1.54, 1.807) is 28.9 Å². The average molecular weight is 562 g/mol. The van der Waals surface area contributed by atoms with Gasteiger partial charge >= 0.3 is 0 Å². The molecule has 0 atom stereocenters. The van der Waals surface area contributed by atoms with E-state index in [1.807, 2.05) is 23.0 Å². The first-order valence-electron chi connectivity index (χ1n) is 13.4. The Labute approximate surface area is 234 Å². The predicted octanol–water partition coefficient (Wildman–Crippen LogP) is 3.30. The van der Waals surface area contributed by atoms with Gasteiger partial charge in [-0.25, -0.2) is 18.7 Å². The smallest absolute Gasteiger partial charge is 0.270 e. The second-order valence-electron chi connectivity index (χ2n) is 10.2. The summed E-state index contributed by atoms with van der Waals surface area (Å²) >= 11 is 0. The van der Waals surface area contributed by atoms with Gasteiger partial charge in [-0.05, 0) is 62.3 Å². The van der Waals surface area contributed by atoms with E-state index < -0.39 is 18.9 Å². The lowest BCUT2D eigenvalue weighted by molar-refractivity contribution is 0.0886. The maximum atomic E-state index is 13.2. The quantitative estimate of drug-likeness (QED) is 0.317. The van der Waals surface area contributed by atoms with Crippen molar-refractivity contribution in [3.63, 3.8) is 0 Å². The standard InChI is InChI=1S/C28H29F2N9O2/c1-37-8-5-20(6-9-37)39-16-19(12-35-39)36-27(40)18-10-22-21(4-7-31-26(22)33-11-18)17-2-3-25-32-13-23(38(25)15-17)28(41)34-14-24(29)30/h2-4,10-13,15-16,20,24H,5-9,14H2,1H3,(H,31,33)(H,34,41)(H,36,40). The summed E-state index contributed by atoms with van der Waals surface area (Å²) in [6, 6.07) is 5.68. The SMILES string of the molecule is CN1CCC(n2cc(NC(=O)c3cnc4c(c3)C(c3ccc5ncc(C(=O)NCC(F)F)n5c3)=CCN4)cn2)CC1. The lowest BCUT2D eigenvalue weighted by Gasteiger charge is -2.28. The number of likely N-dealkylation sites (tertiary alicyclic amines) is 1. The molecule has 2 aliphatic heterocycles. The third kappa shape index (κ3) is 5.53. The van der Waals surface area contributed by atoms with Gasteiger partial charge in [-0.15, -0.1) is 0 Å². The Hall–Kier alpha value is -4.65. The molecule has 2 amide bonds. The molecular formula is C28H29F2N9O2. The summed E-state index contributed by atoms with van der Waals surface area (Å²) < 4.78 is 28.7. The maximum Gasteiger partial charge on any atom is 0.270 e. The minimum Gasteiger partial charge on any atom is -0.366 e. The second-order valence-corrected chi connectivity index (χ2v) is 10.2. The van der Waals surface area contributed by atoms with Crippen LogP contribution in [0.3, 0.4) is 0 Å². The van der Waals surface area contributed by atoms with Crippen LogP contribution >= 0.6 is 0 Å². The van der Waals surface area contributed by atoms with Crippen LogP contribution in [-0.4, -0.2) is 80.5 Å². The first kappa shape index (κ1) is 26.6. The van der Waals surface area contributed by atoms with Crippen molar-refractivity contribution in [1.82, 2.24) is 34.4 Å². The minimum atomic E-state index is -2.65. The molecule has 41 heavy (non-hydrogen) atoms. The van der Waals surface area contributed by atoms with Crippen LogP contribution in [0, 0.1) is 0 Å². The number of anilines is 2. The molecule has 13 heteroatoms. The largest absolute Gasteiger partial charge is 0.366 e. The number of fused-ring (bicyclic) bond motifs is 2. The summed E-state index contributed by atoms with van der Waals surface area (Å²) in [4.78, 5) is 36.7. The number of pyridine rings is 2. The van der Waals surface area contributed by atoms with Crippen molar-refractivity contribution < 1.29 is 18.4 Å². The highest BCUT2D eigenvalue weighted by atomic mass is 19.3. The molecule has 6 heterocycles. The normalized spacial score (nSPS) is 15.9. The van der Waals surface area contributed by atoms with Crippen LogP contribution in [0.2, 0.25) is 0 Å². The van der Waals surface area contributed by atoms with Crippen LogP contribution in [0.5, 0.6) is 0 Å². The van der Waals surface area contributed by atoms with E-state index in [-0.39, 0.29) is 11.6 Å². The molecule has 0 aromatic carbocycles. The second kappa shape index (κ2) is 11.1. The molecule has 0 saturated carbocycles. The Morgan fingerprint density at radius 2 is 1.93 bits per heavy atom.